The van der Waals surface area contributed by atoms with Gasteiger partial charge in [-0.2, -0.15) is 0 Å². The lowest BCUT2D eigenvalue weighted by molar-refractivity contribution is -0.148. The molecule has 0 aromatic heterocycles. The molecule has 6 nitrogen and oxygen atoms in total. The van der Waals surface area contributed by atoms with Gasteiger partial charge in [0.2, 0.25) is 0 Å². The summed E-state index contributed by atoms with van der Waals surface area (Å²) >= 11 is 0. The van der Waals surface area contributed by atoms with Crippen LogP contribution >= 0.6 is 0 Å². The van der Waals surface area contributed by atoms with Crippen molar-refractivity contribution < 1.29 is 29.6 Å². The molecule has 0 aliphatic carbocycles. The predicted octanol–water partition coefficient (Wildman–Crippen LogP) is 5.28. The number of aliphatic hydroxyl groups excluding tert-OH is 2. The Bertz CT molecular complexity index is 438. The number of unbranched alkanes of at least 4 members (excludes halogenated alkanes) is 11. The highest BCUT2D eigenvalue weighted by Gasteiger charge is 2.17. The quantitative estimate of drug-likeness (QED) is 0.0834. The second kappa shape index (κ2) is 23.2. The van der Waals surface area contributed by atoms with Gasteiger partial charge in [0.25, 0.3) is 0 Å². The maximum atomic E-state index is 11.8. The summed E-state index contributed by atoms with van der Waals surface area (Å²) in [6.07, 6.45) is 18.9. The van der Waals surface area contributed by atoms with E-state index in [1.54, 1.807) is 6.92 Å². The maximum absolute atomic E-state index is 11.8. The molecular formula is C26H50O6. The van der Waals surface area contributed by atoms with Crippen molar-refractivity contribution in [3.05, 3.63) is 12.2 Å². The van der Waals surface area contributed by atoms with E-state index >= 15 is 0 Å². The minimum Gasteiger partial charge on any atom is -0.463 e. The van der Waals surface area contributed by atoms with Crippen molar-refractivity contribution in [3.63, 3.8) is 0 Å². The fourth-order valence-corrected chi connectivity index (χ4v) is 3.32. The minimum absolute atomic E-state index is 0.0286. The lowest BCUT2D eigenvalue weighted by Gasteiger charge is -2.19. The van der Waals surface area contributed by atoms with E-state index in [-0.39, 0.29) is 38.1 Å². The minimum atomic E-state index is -1.38. The molecule has 2 unspecified atom stereocenters. The number of carbonyl (C=O) groups excluding carboxylic acids is 1. The summed E-state index contributed by atoms with van der Waals surface area (Å²) in [4.78, 5) is 11.8. The van der Waals surface area contributed by atoms with Gasteiger partial charge in [-0.1, -0.05) is 77.4 Å². The summed E-state index contributed by atoms with van der Waals surface area (Å²) in [5.41, 5.74) is 0. The molecule has 190 valence electrons. The average Bonchev–Trinajstić information content (AvgIpc) is 2.77. The standard InChI is InChI=1S/C26H50O6/c1-3-4-5-6-7-8-9-10-11-12-13-14-15-16-17-18-26(30)32-22-24(27)23(2)21-31-20-19-25(28)29/h8-9,23-25,27-29H,3-7,10-22H2,1-2H3. The van der Waals surface area contributed by atoms with Crippen LogP contribution in [0.25, 0.3) is 0 Å². The molecule has 0 bridgehead atoms. The van der Waals surface area contributed by atoms with E-state index in [9.17, 15) is 9.90 Å². The van der Waals surface area contributed by atoms with Crippen molar-refractivity contribution in [1.29, 1.82) is 0 Å². The summed E-state index contributed by atoms with van der Waals surface area (Å²) in [6.45, 7) is 4.51. The molecular weight excluding hydrogens is 408 g/mol. The SMILES string of the molecule is CCCCCCC=CCCCCCCCCCC(=O)OCC(O)C(C)COCCC(O)O. The lowest BCUT2D eigenvalue weighted by atomic mass is 10.1. The first-order valence-corrected chi connectivity index (χ1v) is 12.9. The third-order valence-electron chi connectivity index (χ3n) is 5.62. The van der Waals surface area contributed by atoms with Crippen LogP contribution in [0.15, 0.2) is 12.2 Å². The Balaban J connectivity index is 3.44. The molecule has 0 saturated heterocycles. The molecule has 2 atom stereocenters. The second-order valence-corrected chi connectivity index (χ2v) is 8.91. The molecule has 0 saturated carbocycles. The molecule has 0 spiro atoms. The third-order valence-corrected chi connectivity index (χ3v) is 5.62. The van der Waals surface area contributed by atoms with E-state index in [1.807, 2.05) is 0 Å². The van der Waals surface area contributed by atoms with Crippen LogP contribution < -0.4 is 0 Å². The molecule has 0 aliphatic rings. The first-order valence-electron chi connectivity index (χ1n) is 12.9. The second-order valence-electron chi connectivity index (χ2n) is 8.91. The normalized spacial score (nSPS) is 13.7. The van der Waals surface area contributed by atoms with Crippen molar-refractivity contribution >= 4 is 5.97 Å². The smallest absolute Gasteiger partial charge is 0.305 e. The van der Waals surface area contributed by atoms with E-state index in [4.69, 9.17) is 19.7 Å². The first-order chi connectivity index (χ1) is 15.5. The van der Waals surface area contributed by atoms with Crippen molar-refractivity contribution in [3.8, 4) is 0 Å². The monoisotopic (exact) mass is 458 g/mol. The van der Waals surface area contributed by atoms with Gasteiger partial charge in [0.15, 0.2) is 6.29 Å². The van der Waals surface area contributed by atoms with E-state index < -0.39 is 12.4 Å². The highest BCUT2D eigenvalue weighted by molar-refractivity contribution is 5.69. The van der Waals surface area contributed by atoms with Crippen molar-refractivity contribution in [2.24, 2.45) is 5.92 Å². The molecule has 0 fully saturated rings. The van der Waals surface area contributed by atoms with Crippen LogP contribution in [0, 0.1) is 5.92 Å². The molecule has 0 radical (unpaired) electrons. The largest absolute Gasteiger partial charge is 0.463 e. The molecule has 3 N–H and O–H groups in total. The number of carbonyl (C=O) groups is 1. The van der Waals surface area contributed by atoms with Gasteiger partial charge >= 0.3 is 5.97 Å². The zero-order valence-electron chi connectivity index (χ0n) is 20.7. The average molecular weight is 459 g/mol. The lowest BCUT2D eigenvalue weighted by Crippen LogP contribution is -2.28. The third kappa shape index (κ3) is 22.3. The van der Waals surface area contributed by atoms with Crippen molar-refractivity contribution in [2.75, 3.05) is 19.8 Å². The summed E-state index contributed by atoms with van der Waals surface area (Å²) in [5, 5.41) is 27.5. The van der Waals surface area contributed by atoms with Gasteiger partial charge in [0, 0.05) is 18.8 Å². The van der Waals surface area contributed by atoms with E-state index in [1.165, 1.54) is 64.2 Å². The van der Waals surface area contributed by atoms with Crippen LogP contribution in [-0.4, -0.2) is 53.5 Å². The van der Waals surface area contributed by atoms with Crippen molar-refractivity contribution in [2.45, 2.75) is 123 Å². The predicted molar refractivity (Wildman–Crippen MR) is 129 cm³/mol. The Morgan fingerprint density at radius 3 is 1.97 bits per heavy atom. The Morgan fingerprint density at radius 2 is 1.38 bits per heavy atom. The number of esters is 1. The molecule has 32 heavy (non-hydrogen) atoms. The summed E-state index contributed by atoms with van der Waals surface area (Å²) in [5.74, 6) is -0.457. The van der Waals surface area contributed by atoms with Gasteiger partial charge in [-0.15, -0.1) is 0 Å². The number of ether oxygens (including phenoxy) is 2. The van der Waals surface area contributed by atoms with Gasteiger partial charge < -0.3 is 24.8 Å². The Labute approximate surface area is 196 Å². The molecule has 0 heterocycles. The number of aliphatic hydroxyl groups is 3. The summed E-state index contributed by atoms with van der Waals surface area (Å²) in [7, 11) is 0. The highest BCUT2D eigenvalue weighted by atomic mass is 16.5. The number of hydrogen-bond acceptors (Lipinski definition) is 6. The number of allylic oxidation sites excluding steroid dienone is 2. The Kier molecular flexibility index (Phi) is 22.5. The Hall–Kier alpha value is -0.950. The van der Waals surface area contributed by atoms with Gasteiger partial charge in [-0.05, 0) is 32.1 Å². The topological polar surface area (TPSA) is 96.2 Å². The summed E-state index contributed by atoms with van der Waals surface area (Å²) < 4.78 is 10.4. The van der Waals surface area contributed by atoms with Gasteiger partial charge in [-0.25, -0.2) is 0 Å². The first kappa shape index (κ1) is 31.0. The van der Waals surface area contributed by atoms with Crippen LogP contribution in [0.2, 0.25) is 0 Å². The van der Waals surface area contributed by atoms with Crippen LogP contribution in [0.4, 0.5) is 0 Å². The van der Waals surface area contributed by atoms with Gasteiger partial charge in [-0.3, -0.25) is 4.79 Å². The zero-order valence-corrected chi connectivity index (χ0v) is 20.7. The van der Waals surface area contributed by atoms with E-state index in [0.717, 1.165) is 19.3 Å². The van der Waals surface area contributed by atoms with Crippen LogP contribution in [0.1, 0.15) is 110 Å². The van der Waals surface area contributed by atoms with Crippen molar-refractivity contribution in [1.82, 2.24) is 0 Å². The highest BCUT2D eigenvalue weighted by Crippen LogP contribution is 2.12. The number of rotatable bonds is 23. The molecule has 0 rings (SSSR count). The fourth-order valence-electron chi connectivity index (χ4n) is 3.32. The van der Waals surface area contributed by atoms with E-state index in [0.29, 0.717) is 6.42 Å². The zero-order chi connectivity index (χ0) is 23.9. The van der Waals surface area contributed by atoms with Crippen LogP contribution in [0.5, 0.6) is 0 Å². The fraction of sp³-hybridized carbons (Fsp3) is 0.885. The molecule has 0 amide bonds. The van der Waals surface area contributed by atoms with Gasteiger partial charge in [0.1, 0.15) is 6.61 Å². The van der Waals surface area contributed by atoms with Gasteiger partial charge in [0.05, 0.1) is 19.3 Å². The summed E-state index contributed by atoms with van der Waals surface area (Å²) in [6, 6.07) is 0. The number of hydrogen-bond donors (Lipinski definition) is 3. The Morgan fingerprint density at radius 1 is 0.812 bits per heavy atom. The van der Waals surface area contributed by atoms with Crippen LogP contribution in [0.3, 0.4) is 0 Å². The molecule has 0 aromatic carbocycles. The maximum Gasteiger partial charge on any atom is 0.305 e. The van der Waals surface area contributed by atoms with Crippen LogP contribution in [-0.2, 0) is 14.3 Å². The van der Waals surface area contributed by atoms with E-state index in [2.05, 4.69) is 19.1 Å². The molecule has 0 aliphatic heterocycles. The molecule has 6 heteroatoms. The molecule has 0 aromatic rings.